The number of hydrogen-bond donors (Lipinski definition) is 0. The standard InChI is InChI=1S/C24H25NO4/c1-16-5-3-4-6-20(16)21(26)11-10-19-15-29-24(25-19)18-9-12-22(27-2)23(13-18)28-14-17-7-8-17/h3-6,9,12-13,15,17H,7-8,10-11,14H2,1-2H3. The molecule has 0 radical (unpaired) electrons. The van der Waals surface area contributed by atoms with Gasteiger partial charge >= 0.3 is 0 Å². The van der Waals surface area contributed by atoms with Crippen LogP contribution in [-0.4, -0.2) is 24.5 Å². The number of aromatic nitrogens is 1. The minimum atomic E-state index is 0.118. The first-order valence-corrected chi connectivity index (χ1v) is 9.98. The third-order valence-corrected chi connectivity index (χ3v) is 5.19. The number of ketones is 1. The number of methoxy groups -OCH3 is 1. The van der Waals surface area contributed by atoms with Crippen LogP contribution in [0.4, 0.5) is 0 Å². The van der Waals surface area contributed by atoms with Crippen molar-refractivity contribution < 1.29 is 18.7 Å². The van der Waals surface area contributed by atoms with E-state index in [4.69, 9.17) is 13.9 Å². The number of carbonyl (C=O) groups excluding carboxylic acids is 1. The van der Waals surface area contributed by atoms with Crippen LogP contribution in [-0.2, 0) is 6.42 Å². The average Bonchev–Trinajstić information content (AvgIpc) is 3.45. The second-order valence-electron chi connectivity index (χ2n) is 7.50. The number of aryl methyl sites for hydroxylation is 2. The molecule has 1 aromatic heterocycles. The van der Waals surface area contributed by atoms with Crippen molar-refractivity contribution in [3.8, 4) is 23.0 Å². The molecule has 0 unspecified atom stereocenters. The van der Waals surface area contributed by atoms with Crippen LogP contribution in [0.25, 0.3) is 11.5 Å². The van der Waals surface area contributed by atoms with Crippen LogP contribution in [0.5, 0.6) is 11.5 Å². The summed E-state index contributed by atoms with van der Waals surface area (Å²) in [6.45, 7) is 2.66. The molecule has 0 N–H and O–H groups in total. The van der Waals surface area contributed by atoms with Crippen LogP contribution in [0.1, 0.15) is 40.9 Å². The van der Waals surface area contributed by atoms with E-state index in [-0.39, 0.29) is 5.78 Å². The van der Waals surface area contributed by atoms with Gasteiger partial charge in [-0.25, -0.2) is 4.98 Å². The zero-order chi connectivity index (χ0) is 20.2. The van der Waals surface area contributed by atoms with Gasteiger partial charge in [0.05, 0.1) is 19.4 Å². The van der Waals surface area contributed by atoms with Crippen molar-refractivity contribution in [3.63, 3.8) is 0 Å². The minimum absolute atomic E-state index is 0.118. The topological polar surface area (TPSA) is 61.6 Å². The van der Waals surface area contributed by atoms with Gasteiger partial charge in [-0.3, -0.25) is 4.79 Å². The first-order valence-electron chi connectivity index (χ1n) is 9.98. The SMILES string of the molecule is COc1ccc(-c2nc(CCC(=O)c3ccccc3C)co2)cc1OCC1CC1. The molecule has 0 spiro atoms. The van der Waals surface area contributed by atoms with Gasteiger partial charge in [-0.15, -0.1) is 0 Å². The summed E-state index contributed by atoms with van der Waals surface area (Å²) < 4.78 is 17.0. The lowest BCUT2D eigenvalue weighted by molar-refractivity contribution is 0.0982. The highest BCUT2D eigenvalue weighted by Gasteiger charge is 2.23. The van der Waals surface area contributed by atoms with Gasteiger partial charge in [-0.05, 0) is 49.4 Å². The molecule has 1 aliphatic rings. The molecule has 3 aromatic rings. The van der Waals surface area contributed by atoms with Crippen molar-refractivity contribution in [1.29, 1.82) is 0 Å². The number of nitrogens with zero attached hydrogens (tertiary/aromatic N) is 1. The van der Waals surface area contributed by atoms with Crippen molar-refractivity contribution in [1.82, 2.24) is 4.98 Å². The normalized spacial score (nSPS) is 13.3. The van der Waals surface area contributed by atoms with E-state index >= 15 is 0 Å². The maximum absolute atomic E-state index is 12.5. The Kier molecular flexibility index (Phi) is 5.65. The number of ether oxygens (including phenoxy) is 2. The third-order valence-electron chi connectivity index (χ3n) is 5.19. The summed E-state index contributed by atoms with van der Waals surface area (Å²) in [5, 5.41) is 0. The molecule has 1 heterocycles. The molecule has 1 aliphatic carbocycles. The van der Waals surface area contributed by atoms with E-state index < -0.39 is 0 Å². The lowest BCUT2D eigenvalue weighted by atomic mass is 10.0. The van der Waals surface area contributed by atoms with Crippen LogP contribution in [0.2, 0.25) is 0 Å². The average molecular weight is 391 g/mol. The molecule has 150 valence electrons. The Balaban J connectivity index is 1.43. The molecular formula is C24H25NO4. The summed E-state index contributed by atoms with van der Waals surface area (Å²) in [6.07, 6.45) is 5.02. The van der Waals surface area contributed by atoms with Gasteiger partial charge in [0.2, 0.25) is 5.89 Å². The zero-order valence-electron chi connectivity index (χ0n) is 16.8. The minimum Gasteiger partial charge on any atom is -0.493 e. The summed E-state index contributed by atoms with van der Waals surface area (Å²) >= 11 is 0. The predicted molar refractivity (Wildman–Crippen MR) is 111 cm³/mol. The van der Waals surface area contributed by atoms with Gasteiger partial charge in [0.15, 0.2) is 17.3 Å². The van der Waals surface area contributed by atoms with Crippen LogP contribution >= 0.6 is 0 Å². The highest BCUT2D eigenvalue weighted by molar-refractivity contribution is 5.97. The summed E-state index contributed by atoms with van der Waals surface area (Å²) in [4.78, 5) is 17.0. The van der Waals surface area contributed by atoms with Crippen molar-refractivity contribution in [2.45, 2.75) is 32.6 Å². The molecule has 5 heteroatoms. The van der Waals surface area contributed by atoms with Gasteiger partial charge in [0.1, 0.15) is 6.26 Å². The van der Waals surface area contributed by atoms with Gasteiger partial charge in [0, 0.05) is 24.0 Å². The monoisotopic (exact) mass is 391 g/mol. The number of hydrogen-bond acceptors (Lipinski definition) is 5. The molecule has 0 atom stereocenters. The maximum Gasteiger partial charge on any atom is 0.226 e. The molecule has 5 nitrogen and oxygen atoms in total. The van der Waals surface area contributed by atoms with Gasteiger partial charge in [-0.1, -0.05) is 24.3 Å². The Morgan fingerprint density at radius 3 is 2.76 bits per heavy atom. The van der Waals surface area contributed by atoms with E-state index in [1.807, 2.05) is 49.4 Å². The Hall–Kier alpha value is -3.08. The largest absolute Gasteiger partial charge is 0.493 e. The maximum atomic E-state index is 12.5. The van der Waals surface area contributed by atoms with Gasteiger partial charge in [-0.2, -0.15) is 0 Å². The van der Waals surface area contributed by atoms with E-state index in [0.29, 0.717) is 42.8 Å². The van der Waals surface area contributed by atoms with Crippen LogP contribution in [0, 0.1) is 12.8 Å². The fourth-order valence-electron chi connectivity index (χ4n) is 3.23. The molecule has 2 aromatic carbocycles. The van der Waals surface area contributed by atoms with E-state index in [2.05, 4.69) is 4.98 Å². The fraction of sp³-hybridized carbons (Fsp3) is 0.333. The summed E-state index contributed by atoms with van der Waals surface area (Å²) in [5.41, 5.74) is 3.35. The van der Waals surface area contributed by atoms with Crippen LogP contribution in [0.15, 0.2) is 53.1 Å². The fourth-order valence-corrected chi connectivity index (χ4v) is 3.23. The molecule has 4 rings (SSSR count). The van der Waals surface area contributed by atoms with E-state index in [1.165, 1.54) is 12.8 Å². The van der Waals surface area contributed by atoms with Crippen LogP contribution < -0.4 is 9.47 Å². The lowest BCUT2D eigenvalue weighted by Crippen LogP contribution is -2.03. The van der Waals surface area contributed by atoms with Crippen molar-refractivity contribution >= 4 is 5.78 Å². The van der Waals surface area contributed by atoms with Gasteiger partial charge in [0.25, 0.3) is 0 Å². The highest BCUT2D eigenvalue weighted by atomic mass is 16.5. The Morgan fingerprint density at radius 1 is 1.17 bits per heavy atom. The smallest absolute Gasteiger partial charge is 0.226 e. The molecule has 0 saturated heterocycles. The highest BCUT2D eigenvalue weighted by Crippen LogP contribution is 2.35. The van der Waals surface area contributed by atoms with Crippen LogP contribution in [0.3, 0.4) is 0 Å². The first-order chi connectivity index (χ1) is 14.1. The number of benzene rings is 2. The van der Waals surface area contributed by atoms with E-state index in [0.717, 1.165) is 22.4 Å². The van der Waals surface area contributed by atoms with Crippen molar-refractivity contribution in [3.05, 3.63) is 65.5 Å². The molecular weight excluding hydrogens is 366 g/mol. The summed E-state index contributed by atoms with van der Waals surface area (Å²) in [6, 6.07) is 13.3. The molecule has 0 amide bonds. The summed E-state index contributed by atoms with van der Waals surface area (Å²) in [5.74, 6) is 2.69. The van der Waals surface area contributed by atoms with Crippen molar-refractivity contribution in [2.75, 3.05) is 13.7 Å². The van der Waals surface area contributed by atoms with Gasteiger partial charge < -0.3 is 13.9 Å². The Labute approximate surface area is 170 Å². The second kappa shape index (κ2) is 8.52. The number of Topliss-reactive ketones (excluding diaryl/α,β-unsaturated/α-hetero) is 1. The Morgan fingerprint density at radius 2 is 2.00 bits per heavy atom. The first kappa shape index (κ1) is 19.2. The quantitative estimate of drug-likeness (QED) is 0.466. The molecule has 1 fully saturated rings. The predicted octanol–water partition coefficient (Wildman–Crippen LogP) is 5.26. The van der Waals surface area contributed by atoms with E-state index in [9.17, 15) is 4.79 Å². The van der Waals surface area contributed by atoms with E-state index in [1.54, 1.807) is 13.4 Å². The number of carbonyl (C=O) groups is 1. The molecule has 0 bridgehead atoms. The number of rotatable bonds is 9. The summed E-state index contributed by atoms with van der Waals surface area (Å²) in [7, 11) is 1.63. The Bertz CT molecular complexity index is 1000. The zero-order valence-corrected chi connectivity index (χ0v) is 16.8. The van der Waals surface area contributed by atoms with Crippen molar-refractivity contribution in [2.24, 2.45) is 5.92 Å². The second-order valence-corrected chi connectivity index (χ2v) is 7.50. The lowest BCUT2D eigenvalue weighted by Gasteiger charge is -2.11. The molecule has 1 saturated carbocycles. The number of oxazole rings is 1. The third kappa shape index (κ3) is 4.67. The molecule has 0 aliphatic heterocycles. The molecule has 29 heavy (non-hydrogen) atoms.